The summed E-state index contributed by atoms with van der Waals surface area (Å²) >= 11 is 0. The van der Waals surface area contributed by atoms with Gasteiger partial charge < -0.3 is 16.2 Å². The van der Waals surface area contributed by atoms with Crippen molar-refractivity contribution in [2.75, 3.05) is 18.6 Å². The number of ether oxygens (including phenoxy) is 1. The summed E-state index contributed by atoms with van der Waals surface area (Å²) in [5.41, 5.74) is 12.7. The zero-order chi connectivity index (χ0) is 17.2. The summed E-state index contributed by atoms with van der Waals surface area (Å²) in [7, 11) is -2.98. The Balaban J connectivity index is 2.48. The number of nitrogens with two attached hydrogens (primary N) is 2. The molecule has 5 N–H and O–H groups in total. The second-order valence-electron chi connectivity index (χ2n) is 4.80. The fourth-order valence-corrected chi connectivity index (χ4v) is 2.51. The molecule has 0 spiro atoms. The quantitative estimate of drug-likeness (QED) is 0.445. The van der Waals surface area contributed by atoms with E-state index in [-0.39, 0.29) is 17.1 Å². The standard InChI is InChI=1S/C14H16N4O4S/c1-8-3-4-11(13(5-8)22-2)17-18-12-7-14(23(19,20)21)10(16)6-9(12)15/h3-7H,15-16H2,1-2H3,(H,19,20,21). The number of rotatable bonds is 4. The number of methoxy groups -OCH3 is 1. The Morgan fingerprint density at radius 3 is 2.30 bits per heavy atom. The smallest absolute Gasteiger partial charge is 0.296 e. The van der Waals surface area contributed by atoms with Crippen molar-refractivity contribution in [3.8, 4) is 5.75 Å². The summed E-state index contributed by atoms with van der Waals surface area (Å²) in [6.45, 7) is 1.90. The second-order valence-corrected chi connectivity index (χ2v) is 6.19. The van der Waals surface area contributed by atoms with Gasteiger partial charge in [-0.05, 0) is 36.8 Å². The fourth-order valence-electron chi connectivity index (χ4n) is 1.89. The Bertz CT molecular complexity index is 879. The molecule has 8 nitrogen and oxygen atoms in total. The normalized spacial score (nSPS) is 11.8. The number of nitrogens with zero attached hydrogens (tertiary/aromatic N) is 2. The first kappa shape index (κ1) is 16.7. The van der Waals surface area contributed by atoms with Crippen molar-refractivity contribution in [3.63, 3.8) is 0 Å². The van der Waals surface area contributed by atoms with Gasteiger partial charge in [-0.2, -0.15) is 8.42 Å². The molecule has 2 aromatic carbocycles. The third-order valence-electron chi connectivity index (χ3n) is 3.04. The van der Waals surface area contributed by atoms with E-state index < -0.39 is 15.0 Å². The number of benzene rings is 2. The van der Waals surface area contributed by atoms with E-state index in [0.29, 0.717) is 11.4 Å². The van der Waals surface area contributed by atoms with Gasteiger partial charge in [-0.1, -0.05) is 6.07 Å². The molecular formula is C14H16N4O4S. The van der Waals surface area contributed by atoms with Crippen LogP contribution < -0.4 is 16.2 Å². The first-order chi connectivity index (χ1) is 10.7. The van der Waals surface area contributed by atoms with E-state index >= 15 is 0 Å². The zero-order valence-corrected chi connectivity index (χ0v) is 13.3. The molecule has 23 heavy (non-hydrogen) atoms. The monoisotopic (exact) mass is 336 g/mol. The molecule has 9 heteroatoms. The number of hydrogen-bond donors (Lipinski definition) is 3. The van der Waals surface area contributed by atoms with Gasteiger partial charge in [-0.3, -0.25) is 4.55 Å². The van der Waals surface area contributed by atoms with Gasteiger partial charge in [-0.15, -0.1) is 10.2 Å². The van der Waals surface area contributed by atoms with Gasteiger partial charge in [0.1, 0.15) is 22.0 Å². The molecule has 0 saturated heterocycles. The van der Waals surface area contributed by atoms with Crippen LogP contribution in [0.1, 0.15) is 5.56 Å². The van der Waals surface area contributed by atoms with Crippen LogP contribution in [0, 0.1) is 6.92 Å². The predicted octanol–water partition coefficient (Wildman–Crippen LogP) is 2.83. The minimum atomic E-state index is -4.48. The molecule has 2 rings (SSSR count). The number of aryl methyl sites for hydroxylation is 1. The lowest BCUT2D eigenvalue weighted by Gasteiger charge is -2.07. The molecule has 0 amide bonds. The summed E-state index contributed by atoms with van der Waals surface area (Å²) in [5, 5.41) is 7.92. The lowest BCUT2D eigenvalue weighted by molar-refractivity contribution is 0.415. The lowest BCUT2D eigenvalue weighted by atomic mass is 10.2. The highest BCUT2D eigenvalue weighted by molar-refractivity contribution is 7.86. The highest BCUT2D eigenvalue weighted by Gasteiger charge is 2.16. The van der Waals surface area contributed by atoms with Crippen LogP contribution in [0.25, 0.3) is 0 Å². The lowest BCUT2D eigenvalue weighted by Crippen LogP contribution is -2.04. The molecule has 0 saturated carbocycles. The van der Waals surface area contributed by atoms with Crippen molar-refractivity contribution >= 4 is 32.9 Å². The molecular weight excluding hydrogens is 320 g/mol. The number of hydrogen-bond acceptors (Lipinski definition) is 7. The molecule has 0 aliphatic heterocycles. The Morgan fingerprint density at radius 2 is 1.70 bits per heavy atom. The third kappa shape index (κ3) is 3.76. The summed E-state index contributed by atoms with van der Waals surface area (Å²) in [5.74, 6) is 0.512. The van der Waals surface area contributed by atoms with Crippen molar-refractivity contribution in [2.45, 2.75) is 11.8 Å². The van der Waals surface area contributed by atoms with Crippen LogP contribution in [-0.2, 0) is 10.1 Å². The number of nitrogen functional groups attached to an aromatic ring is 2. The van der Waals surface area contributed by atoms with Gasteiger partial charge in [-0.25, -0.2) is 0 Å². The number of anilines is 2. The minimum absolute atomic E-state index is 0.0643. The van der Waals surface area contributed by atoms with Gasteiger partial charge in [0.2, 0.25) is 0 Å². The van der Waals surface area contributed by atoms with E-state index in [0.717, 1.165) is 11.6 Å². The topological polar surface area (TPSA) is 140 Å². The Morgan fingerprint density at radius 1 is 1.04 bits per heavy atom. The van der Waals surface area contributed by atoms with Crippen LogP contribution >= 0.6 is 0 Å². The predicted molar refractivity (Wildman–Crippen MR) is 87.0 cm³/mol. The van der Waals surface area contributed by atoms with Crippen LogP contribution in [0.2, 0.25) is 0 Å². The largest absolute Gasteiger partial charge is 0.494 e. The molecule has 2 aromatic rings. The fraction of sp³-hybridized carbons (Fsp3) is 0.143. The van der Waals surface area contributed by atoms with Crippen LogP contribution in [0.4, 0.5) is 22.7 Å². The van der Waals surface area contributed by atoms with E-state index in [9.17, 15) is 8.42 Å². The molecule has 0 heterocycles. The van der Waals surface area contributed by atoms with Gasteiger partial charge >= 0.3 is 0 Å². The third-order valence-corrected chi connectivity index (χ3v) is 3.95. The maximum absolute atomic E-state index is 11.3. The van der Waals surface area contributed by atoms with Crippen LogP contribution in [-0.4, -0.2) is 20.1 Å². The van der Waals surface area contributed by atoms with E-state index in [1.165, 1.54) is 13.2 Å². The number of azo groups is 1. The van der Waals surface area contributed by atoms with Crippen molar-refractivity contribution in [3.05, 3.63) is 35.9 Å². The molecule has 0 bridgehead atoms. The van der Waals surface area contributed by atoms with Gasteiger partial charge in [0.05, 0.1) is 18.5 Å². The Hall–Kier alpha value is -2.65. The van der Waals surface area contributed by atoms with E-state index in [4.69, 9.17) is 20.8 Å². The highest BCUT2D eigenvalue weighted by Crippen LogP contribution is 2.34. The average molecular weight is 336 g/mol. The SMILES string of the molecule is COc1cc(C)ccc1N=Nc1cc(S(=O)(=O)O)c(N)cc1N. The van der Waals surface area contributed by atoms with Gasteiger partial charge in [0.25, 0.3) is 10.1 Å². The maximum Gasteiger partial charge on any atom is 0.296 e. The zero-order valence-electron chi connectivity index (χ0n) is 12.5. The summed E-state index contributed by atoms with van der Waals surface area (Å²) in [6, 6.07) is 7.57. The molecule has 0 aromatic heterocycles. The molecule has 0 radical (unpaired) electrons. The summed E-state index contributed by atoms with van der Waals surface area (Å²) < 4.78 is 36.9. The molecule has 0 fully saturated rings. The van der Waals surface area contributed by atoms with Crippen molar-refractivity contribution in [2.24, 2.45) is 10.2 Å². The van der Waals surface area contributed by atoms with Crippen LogP contribution in [0.3, 0.4) is 0 Å². The average Bonchev–Trinajstić information content (AvgIpc) is 2.46. The Labute approximate surface area is 133 Å². The first-order valence-corrected chi connectivity index (χ1v) is 7.89. The Kier molecular flexibility index (Phi) is 4.52. The molecule has 122 valence electrons. The van der Waals surface area contributed by atoms with Crippen LogP contribution in [0.15, 0.2) is 45.5 Å². The summed E-state index contributed by atoms with van der Waals surface area (Å²) in [4.78, 5) is -0.475. The molecule has 0 atom stereocenters. The van der Waals surface area contributed by atoms with Crippen molar-refractivity contribution in [1.82, 2.24) is 0 Å². The molecule has 0 unspecified atom stereocenters. The minimum Gasteiger partial charge on any atom is -0.494 e. The summed E-state index contributed by atoms with van der Waals surface area (Å²) in [6.07, 6.45) is 0. The van der Waals surface area contributed by atoms with E-state index in [1.807, 2.05) is 13.0 Å². The van der Waals surface area contributed by atoms with Crippen LogP contribution in [0.5, 0.6) is 5.75 Å². The van der Waals surface area contributed by atoms with E-state index in [1.54, 1.807) is 12.1 Å². The first-order valence-electron chi connectivity index (χ1n) is 6.45. The highest BCUT2D eigenvalue weighted by atomic mass is 32.2. The van der Waals surface area contributed by atoms with Crippen molar-refractivity contribution < 1.29 is 17.7 Å². The second kappa shape index (κ2) is 6.23. The van der Waals surface area contributed by atoms with Gasteiger partial charge in [0, 0.05) is 0 Å². The molecule has 0 aliphatic rings. The molecule has 0 aliphatic carbocycles. The van der Waals surface area contributed by atoms with E-state index in [2.05, 4.69) is 10.2 Å². The maximum atomic E-state index is 11.3. The van der Waals surface area contributed by atoms with Crippen molar-refractivity contribution in [1.29, 1.82) is 0 Å². The van der Waals surface area contributed by atoms with Gasteiger partial charge in [0.15, 0.2) is 0 Å².